The molecule has 0 radical (unpaired) electrons. The highest BCUT2D eigenvalue weighted by Gasteiger charge is 2.44. The summed E-state index contributed by atoms with van der Waals surface area (Å²) in [5.41, 5.74) is 1.05. The minimum atomic E-state index is -3.70. The quantitative estimate of drug-likeness (QED) is 0.781. The van der Waals surface area contributed by atoms with Gasteiger partial charge in [-0.15, -0.1) is 8.78 Å². The average molecular weight is 394 g/mol. The van der Waals surface area contributed by atoms with Crippen LogP contribution in [0.15, 0.2) is 36.4 Å². The van der Waals surface area contributed by atoms with Crippen molar-refractivity contribution in [3.05, 3.63) is 47.5 Å². The summed E-state index contributed by atoms with van der Waals surface area (Å²) in [6.07, 6.45) is -5.03. The second-order valence-electron chi connectivity index (χ2n) is 6.29. The van der Waals surface area contributed by atoms with Gasteiger partial charge in [0.1, 0.15) is 18.1 Å². The molecule has 2 atom stereocenters. The molecule has 4 rings (SSSR count). The van der Waals surface area contributed by atoms with E-state index in [9.17, 15) is 18.7 Å². The van der Waals surface area contributed by atoms with Crippen molar-refractivity contribution in [2.75, 3.05) is 13.7 Å². The molecule has 148 valence electrons. The Hall–Kier alpha value is -3.07. The van der Waals surface area contributed by atoms with E-state index in [2.05, 4.69) is 14.2 Å². The molecule has 0 amide bonds. The van der Waals surface area contributed by atoms with Gasteiger partial charge >= 0.3 is 12.3 Å². The van der Waals surface area contributed by atoms with Gasteiger partial charge in [-0.25, -0.2) is 4.79 Å². The molecule has 0 bridgehead atoms. The number of hydrogen-bond acceptors (Lipinski definition) is 7. The number of methoxy groups -OCH3 is 1. The van der Waals surface area contributed by atoms with Crippen LogP contribution in [0.1, 0.15) is 17.0 Å². The first kappa shape index (κ1) is 18.3. The first-order valence-electron chi connectivity index (χ1n) is 8.41. The largest absolute Gasteiger partial charge is 0.586 e. The first-order valence-corrected chi connectivity index (χ1v) is 8.41. The molecule has 2 aromatic carbocycles. The van der Waals surface area contributed by atoms with Crippen LogP contribution in [0.4, 0.5) is 8.78 Å². The molecule has 7 nitrogen and oxygen atoms in total. The van der Waals surface area contributed by atoms with Gasteiger partial charge in [0.05, 0.1) is 19.6 Å². The molecule has 0 spiro atoms. The highest BCUT2D eigenvalue weighted by Crippen LogP contribution is 2.44. The van der Waals surface area contributed by atoms with E-state index in [1.807, 2.05) is 0 Å². The fraction of sp³-hybridized carbons (Fsp3) is 0.316. The zero-order chi connectivity index (χ0) is 19.9. The van der Waals surface area contributed by atoms with E-state index < -0.39 is 24.3 Å². The summed E-state index contributed by atoms with van der Waals surface area (Å²) in [5, 5.41) is 10.0. The van der Waals surface area contributed by atoms with E-state index in [0.717, 1.165) is 0 Å². The monoisotopic (exact) mass is 394 g/mol. The van der Waals surface area contributed by atoms with Gasteiger partial charge in [0.2, 0.25) is 0 Å². The maximum atomic E-state index is 13.3. The molecule has 2 aromatic rings. The Kier molecular flexibility index (Phi) is 4.46. The van der Waals surface area contributed by atoms with Crippen LogP contribution in [0.5, 0.6) is 23.0 Å². The highest BCUT2D eigenvalue weighted by molar-refractivity contribution is 5.76. The molecule has 0 aromatic heterocycles. The molecule has 0 fully saturated rings. The van der Waals surface area contributed by atoms with Gasteiger partial charge in [0.25, 0.3) is 0 Å². The molecule has 28 heavy (non-hydrogen) atoms. The fourth-order valence-electron chi connectivity index (χ4n) is 3.15. The van der Waals surface area contributed by atoms with Crippen molar-refractivity contribution in [3.8, 4) is 23.0 Å². The second-order valence-corrected chi connectivity index (χ2v) is 6.29. The number of carbonyl (C=O) groups is 1. The summed E-state index contributed by atoms with van der Waals surface area (Å²) in [6.45, 7) is 0.0944. The van der Waals surface area contributed by atoms with Crippen molar-refractivity contribution in [3.63, 3.8) is 0 Å². The Balaban J connectivity index is 1.47. The summed E-state index contributed by atoms with van der Waals surface area (Å²) < 4.78 is 51.2. The number of carbonyl (C=O) groups excluding carboxylic acids is 1. The van der Waals surface area contributed by atoms with Gasteiger partial charge in [0.15, 0.2) is 17.6 Å². The topological polar surface area (TPSA) is 83.5 Å². The number of esters is 1. The lowest BCUT2D eigenvalue weighted by Gasteiger charge is -2.14. The van der Waals surface area contributed by atoms with Crippen molar-refractivity contribution in [1.82, 2.24) is 0 Å². The van der Waals surface area contributed by atoms with Gasteiger partial charge in [-0.1, -0.05) is 18.2 Å². The van der Waals surface area contributed by atoms with Crippen LogP contribution in [0.3, 0.4) is 0 Å². The maximum Gasteiger partial charge on any atom is 0.586 e. The number of alkyl halides is 2. The molecule has 2 unspecified atom stereocenters. The number of aliphatic hydroxyl groups excluding tert-OH is 1. The number of benzene rings is 2. The third-order valence-electron chi connectivity index (χ3n) is 4.53. The number of hydrogen-bond donors (Lipinski definition) is 1. The van der Waals surface area contributed by atoms with Crippen LogP contribution < -0.4 is 18.9 Å². The molecule has 0 saturated carbocycles. The van der Waals surface area contributed by atoms with Crippen LogP contribution in [-0.2, 0) is 16.1 Å². The summed E-state index contributed by atoms with van der Waals surface area (Å²) in [6, 6.07) is 9.46. The minimum absolute atomic E-state index is 0.0321. The van der Waals surface area contributed by atoms with E-state index in [4.69, 9.17) is 9.47 Å². The molecular weight excluding hydrogens is 378 g/mol. The van der Waals surface area contributed by atoms with Crippen LogP contribution in [0, 0.1) is 0 Å². The van der Waals surface area contributed by atoms with E-state index in [1.54, 1.807) is 30.3 Å². The minimum Gasteiger partial charge on any atom is -0.492 e. The summed E-state index contributed by atoms with van der Waals surface area (Å²) in [5.74, 6) is -0.500. The van der Waals surface area contributed by atoms with Crippen molar-refractivity contribution in [1.29, 1.82) is 0 Å². The van der Waals surface area contributed by atoms with Crippen molar-refractivity contribution >= 4 is 5.97 Å². The van der Waals surface area contributed by atoms with E-state index in [-0.39, 0.29) is 24.7 Å². The number of fused-ring (bicyclic) bond motifs is 2. The van der Waals surface area contributed by atoms with Crippen LogP contribution in [-0.4, -0.2) is 37.2 Å². The number of para-hydroxylation sites is 1. The maximum absolute atomic E-state index is 13.3. The third kappa shape index (κ3) is 3.29. The van der Waals surface area contributed by atoms with E-state index in [1.165, 1.54) is 13.2 Å². The smallest absolute Gasteiger partial charge is 0.492 e. The molecule has 0 saturated heterocycles. The molecule has 9 heteroatoms. The predicted octanol–water partition coefficient (Wildman–Crippen LogP) is 2.60. The summed E-state index contributed by atoms with van der Waals surface area (Å²) in [4.78, 5) is 11.5. The van der Waals surface area contributed by atoms with Gasteiger partial charge in [0, 0.05) is 17.2 Å². The Labute approximate surface area is 158 Å². The Bertz CT molecular complexity index is 915. The Morgan fingerprint density at radius 3 is 2.89 bits per heavy atom. The van der Waals surface area contributed by atoms with Crippen molar-refractivity contribution in [2.24, 2.45) is 0 Å². The Morgan fingerprint density at radius 2 is 2.11 bits per heavy atom. The lowest BCUT2D eigenvalue weighted by Crippen LogP contribution is -2.30. The molecule has 2 aliphatic heterocycles. The standard InChI is InChI=1S/C19H16F2O7/c1-24-18(23)16(22)13-9-26-15-7-11(5-6-12(13)15)25-8-10-3-2-4-14-17(10)28-19(20,21)27-14/h2-7,13,16,22H,8-9H2,1H3. The molecule has 0 aliphatic carbocycles. The number of halogens is 2. The number of ether oxygens (including phenoxy) is 5. The number of rotatable bonds is 5. The highest BCUT2D eigenvalue weighted by atomic mass is 19.3. The third-order valence-corrected chi connectivity index (χ3v) is 4.53. The van der Waals surface area contributed by atoms with Gasteiger partial charge in [-0.2, -0.15) is 0 Å². The lowest BCUT2D eigenvalue weighted by molar-refractivity contribution is -0.287. The van der Waals surface area contributed by atoms with Gasteiger partial charge in [-0.3, -0.25) is 0 Å². The summed E-state index contributed by atoms with van der Waals surface area (Å²) >= 11 is 0. The average Bonchev–Trinajstić information content (AvgIpc) is 3.23. The molecule has 1 N–H and O–H groups in total. The lowest BCUT2D eigenvalue weighted by atomic mass is 9.95. The van der Waals surface area contributed by atoms with Crippen molar-refractivity contribution < 1.29 is 42.4 Å². The zero-order valence-electron chi connectivity index (χ0n) is 14.7. The Morgan fingerprint density at radius 1 is 1.29 bits per heavy atom. The van der Waals surface area contributed by atoms with Crippen LogP contribution in [0.25, 0.3) is 0 Å². The molecule has 2 aliphatic rings. The SMILES string of the molecule is COC(=O)C(O)C1COc2cc(OCc3cccc4c3OC(F)(F)O4)ccc21. The van der Waals surface area contributed by atoms with Crippen LogP contribution in [0.2, 0.25) is 0 Å². The zero-order valence-corrected chi connectivity index (χ0v) is 14.7. The first-order chi connectivity index (χ1) is 13.4. The molecule has 2 heterocycles. The second kappa shape index (κ2) is 6.83. The van der Waals surface area contributed by atoms with Gasteiger partial charge in [-0.05, 0) is 12.1 Å². The fourth-order valence-corrected chi connectivity index (χ4v) is 3.15. The van der Waals surface area contributed by atoms with Crippen LogP contribution >= 0.6 is 0 Å². The van der Waals surface area contributed by atoms with E-state index >= 15 is 0 Å². The predicted molar refractivity (Wildman–Crippen MR) is 89.7 cm³/mol. The molecular formula is C19H16F2O7. The van der Waals surface area contributed by atoms with E-state index in [0.29, 0.717) is 22.6 Å². The normalized spacial score (nSPS) is 19.5. The van der Waals surface area contributed by atoms with Gasteiger partial charge < -0.3 is 28.8 Å². The summed E-state index contributed by atoms with van der Waals surface area (Å²) in [7, 11) is 1.20. The number of aliphatic hydroxyl groups is 1. The van der Waals surface area contributed by atoms with Crippen molar-refractivity contribution in [2.45, 2.75) is 24.9 Å².